The van der Waals surface area contributed by atoms with Crippen molar-refractivity contribution < 1.29 is 28.5 Å². The SMILES string of the molecule is COc1cc(C(=O)OCC(=O)N[C@@H](C)c2ccc3c(c2)OCCO3)ccc1C. The fraction of sp³-hybridized carbons (Fsp3) is 0.333. The maximum atomic E-state index is 12.2. The van der Waals surface area contributed by atoms with Gasteiger partial charge in [0.25, 0.3) is 5.91 Å². The molecule has 1 amide bonds. The van der Waals surface area contributed by atoms with E-state index in [4.69, 9.17) is 18.9 Å². The maximum Gasteiger partial charge on any atom is 0.338 e. The van der Waals surface area contributed by atoms with E-state index >= 15 is 0 Å². The summed E-state index contributed by atoms with van der Waals surface area (Å²) in [7, 11) is 1.53. The van der Waals surface area contributed by atoms with Crippen LogP contribution in [-0.2, 0) is 9.53 Å². The first-order valence-corrected chi connectivity index (χ1v) is 8.98. The summed E-state index contributed by atoms with van der Waals surface area (Å²) < 4.78 is 21.4. The largest absolute Gasteiger partial charge is 0.496 e. The number of benzene rings is 2. The highest BCUT2D eigenvalue weighted by atomic mass is 16.6. The summed E-state index contributed by atoms with van der Waals surface area (Å²) in [5.74, 6) is 0.960. The number of methoxy groups -OCH3 is 1. The first-order chi connectivity index (χ1) is 13.5. The minimum Gasteiger partial charge on any atom is -0.496 e. The molecule has 0 saturated carbocycles. The molecule has 0 saturated heterocycles. The van der Waals surface area contributed by atoms with Gasteiger partial charge in [-0.3, -0.25) is 4.79 Å². The summed E-state index contributed by atoms with van der Waals surface area (Å²) >= 11 is 0. The topological polar surface area (TPSA) is 83.1 Å². The van der Waals surface area contributed by atoms with Gasteiger partial charge in [-0.1, -0.05) is 12.1 Å². The number of rotatable bonds is 6. The van der Waals surface area contributed by atoms with Crippen molar-refractivity contribution in [2.75, 3.05) is 26.9 Å². The Morgan fingerprint density at radius 1 is 1.11 bits per heavy atom. The molecule has 0 radical (unpaired) electrons. The van der Waals surface area contributed by atoms with E-state index in [1.807, 2.05) is 32.0 Å². The number of esters is 1. The Kier molecular flexibility index (Phi) is 6.03. The van der Waals surface area contributed by atoms with Crippen LogP contribution in [0.5, 0.6) is 17.2 Å². The van der Waals surface area contributed by atoms with E-state index in [1.165, 1.54) is 7.11 Å². The summed E-state index contributed by atoms with van der Waals surface area (Å²) in [6, 6.07) is 10.2. The number of hydrogen-bond donors (Lipinski definition) is 1. The summed E-state index contributed by atoms with van der Waals surface area (Å²) in [4.78, 5) is 24.3. The van der Waals surface area contributed by atoms with Crippen molar-refractivity contribution in [2.45, 2.75) is 19.9 Å². The number of nitrogens with one attached hydrogen (secondary N) is 1. The zero-order chi connectivity index (χ0) is 20.1. The molecule has 28 heavy (non-hydrogen) atoms. The number of carbonyl (C=O) groups excluding carboxylic acids is 2. The van der Waals surface area contributed by atoms with Crippen molar-refractivity contribution in [3.05, 3.63) is 53.1 Å². The normalized spacial score (nSPS) is 13.4. The van der Waals surface area contributed by atoms with Gasteiger partial charge < -0.3 is 24.3 Å². The van der Waals surface area contributed by atoms with Crippen LogP contribution >= 0.6 is 0 Å². The van der Waals surface area contributed by atoms with E-state index in [-0.39, 0.29) is 12.6 Å². The first kappa shape index (κ1) is 19.5. The molecule has 1 N–H and O–H groups in total. The third-order valence-electron chi connectivity index (χ3n) is 4.42. The van der Waals surface area contributed by atoms with Crippen molar-refractivity contribution in [3.63, 3.8) is 0 Å². The van der Waals surface area contributed by atoms with Crippen molar-refractivity contribution in [1.29, 1.82) is 0 Å². The Morgan fingerprint density at radius 2 is 1.86 bits per heavy atom. The van der Waals surface area contributed by atoms with Gasteiger partial charge in [-0.2, -0.15) is 0 Å². The van der Waals surface area contributed by atoms with Gasteiger partial charge in [-0.15, -0.1) is 0 Å². The highest BCUT2D eigenvalue weighted by Crippen LogP contribution is 2.32. The molecule has 0 aliphatic carbocycles. The minimum absolute atomic E-state index is 0.276. The minimum atomic E-state index is -0.583. The molecule has 0 aromatic heterocycles. The molecule has 0 fully saturated rings. The Hall–Kier alpha value is -3.22. The molecule has 0 spiro atoms. The summed E-state index contributed by atoms with van der Waals surface area (Å²) in [6.07, 6.45) is 0. The maximum absolute atomic E-state index is 12.2. The van der Waals surface area contributed by atoms with Crippen molar-refractivity contribution in [3.8, 4) is 17.2 Å². The monoisotopic (exact) mass is 385 g/mol. The van der Waals surface area contributed by atoms with Gasteiger partial charge in [0.05, 0.1) is 18.7 Å². The number of amides is 1. The van der Waals surface area contributed by atoms with Crippen LogP contribution in [0.3, 0.4) is 0 Å². The molecular formula is C21H23NO6. The van der Waals surface area contributed by atoms with E-state index < -0.39 is 11.9 Å². The molecular weight excluding hydrogens is 362 g/mol. The smallest absolute Gasteiger partial charge is 0.338 e. The number of fused-ring (bicyclic) bond motifs is 1. The van der Waals surface area contributed by atoms with Crippen LogP contribution in [0.15, 0.2) is 36.4 Å². The Labute approximate surface area is 163 Å². The average Bonchev–Trinajstić information content (AvgIpc) is 2.71. The van der Waals surface area contributed by atoms with Gasteiger partial charge in [0, 0.05) is 0 Å². The lowest BCUT2D eigenvalue weighted by atomic mass is 10.1. The summed E-state index contributed by atoms with van der Waals surface area (Å²) in [5, 5.41) is 2.80. The number of carbonyl (C=O) groups is 2. The lowest BCUT2D eigenvalue weighted by Crippen LogP contribution is -2.31. The Bertz CT molecular complexity index is 879. The highest BCUT2D eigenvalue weighted by molar-refractivity contribution is 5.91. The van der Waals surface area contributed by atoms with Gasteiger partial charge in [0.15, 0.2) is 18.1 Å². The molecule has 1 aliphatic rings. The first-order valence-electron chi connectivity index (χ1n) is 8.98. The standard InChI is InChI=1S/C21H23NO6/c1-13-4-5-16(11-18(13)25-3)21(24)28-12-20(23)22-14(2)15-6-7-17-19(10-15)27-9-8-26-17/h4-7,10-11,14H,8-9,12H2,1-3H3,(H,22,23)/t14-/m0/s1. The molecule has 3 rings (SSSR count). The molecule has 0 bridgehead atoms. The van der Waals surface area contributed by atoms with Crippen LogP contribution in [-0.4, -0.2) is 38.8 Å². The van der Waals surface area contributed by atoms with E-state index in [0.29, 0.717) is 36.0 Å². The second kappa shape index (κ2) is 8.65. The summed E-state index contributed by atoms with van der Waals surface area (Å²) in [6.45, 7) is 4.37. The van der Waals surface area contributed by atoms with Crippen LogP contribution in [0.2, 0.25) is 0 Å². The van der Waals surface area contributed by atoms with E-state index in [1.54, 1.807) is 18.2 Å². The molecule has 1 heterocycles. The van der Waals surface area contributed by atoms with Gasteiger partial charge in [-0.05, 0) is 49.2 Å². The molecule has 1 atom stereocenters. The van der Waals surface area contributed by atoms with Crippen LogP contribution in [0.25, 0.3) is 0 Å². The van der Waals surface area contributed by atoms with Gasteiger partial charge in [-0.25, -0.2) is 4.79 Å². The van der Waals surface area contributed by atoms with Crippen molar-refractivity contribution in [2.24, 2.45) is 0 Å². The number of aryl methyl sites for hydroxylation is 1. The zero-order valence-corrected chi connectivity index (χ0v) is 16.1. The molecule has 1 aliphatic heterocycles. The van der Waals surface area contributed by atoms with Crippen molar-refractivity contribution in [1.82, 2.24) is 5.32 Å². The number of hydrogen-bond acceptors (Lipinski definition) is 6. The zero-order valence-electron chi connectivity index (χ0n) is 16.1. The van der Waals surface area contributed by atoms with E-state index in [2.05, 4.69) is 5.32 Å². The average molecular weight is 385 g/mol. The Balaban J connectivity index is 1.54. The fourth-order valence-electron chi connectivity index (χ4n) is 2.86. The van der Waals surface area contributed by atoms with Crippen LogP contribution in [0.1, 0.15) is 34.5 Å². The summed E-state index contributed by atoms with van der Waals surface area (Å²) in [5.41, 5.74) is 2.10. The number of ether oxygens (including phenoxy) is 4. The predicted molar refractivity (Wildman–Crippen MR) is 102 cm³/mol. The quantitative estimate of drug-likeness (QED) is 0.770. The van der Waals surface area contributed by atoms with Gasteiger partial charge in [0.2, 0.25) is 0 Å². The highest BCUT2D eigenvalue weighted by Gasteiger charge is 2.17. The van der Waals surface area contributed by atoms with E-state index in [0.717, 1.165) is 11.1 Å². The third-order valence-corrected chi connectivity index (χ3v) is 4.42. The molecule has 7 nitrogen and oxygen atoms in total. The lowest BCUT2D eigenvalue weighted by Gasteiger charge is -2.21. The van der Waals surface area contributed by atoms with E-state index in [9.17, 15) is 9.59 Å². The lowest BCUT2D eigenvalue weighted by molar-refractivity contribution is -0.124. The van der Waals surface area contributed by atoms with Crippen LogP contribution < -0.4 is 19.5 Å². The Morgan fingerprint density at radius 3 is 2.61 bits per heavy atom. The molecule has 0 unspecified atom stereocenters. The molecule has 2 aromatic rings. The van der Waals surface area contributed by atoms with Crippen molar-refractivity contribution >= 4 is 11.9 Å². The second-order valence-electron chi connectivity index (χ2n) is 6.45. The van der Waals surface area contributed by atoms with Crippen LogP contribution in [0.4, 0.5) is 0 Å². The molecule has 2 aromatic carbocycles. The van der Waals surface area contributed by atoms with Gasteiger partial charge in [0.1, 0.15) is 19.0 Å². The third kappa shape index (κ3) is 4.54. The molecule has 148 valence electrons. The van der Waals surface area contributed by atoms with Gasteiger partial charge >= 0.3 is 5.97 Å². The molecule has 7 heteroatoms. The fourth-order valence-corrected chi connectivity index (χ4v) is 2.86. The second-order valence-corrected chi connectivity index (χ2v) is 6.45. The predicted octanol–water partition coefficient (Wildman–Crippen LogP) is 2.81. The van der Waals surface area contributed by atoms with Crippen LogP contribution in [0, 0.1) is 6.92 Å².